The number of nitro groups is 1. The molecule has 1 amide bonds. The van der Waals surface area contributed by atoms with Crippen LogP contribution in [0.1, 0.15) is 21.5 Å². The monoisotopic (exact) mass is 410 g/mol. The molecule has 0 atom stereocenters. The Hall–Kier alpha value is -2.99. The SMILES string of the molecule is O=C(Nc1ccccc1Cc1ccccc1)c1ccc(Br)c([N+](=O)[O-])c1. The second-order valence-electron chi connectivity index (χ2n) is 5.70. The molecule has 3 aromatic carbocycles. The molecule has 0 saturated carbocycles. The Morgan fingerprint density at radius 2 is 1.69 bits per heavy atom. The molecule has 0 spiro atoms. The van der Waals surface area contributed by atoms with Gasteiger partial charge in [0.15, 0.2) is 0 Å². The molecule has 0 bridgehead atoms. The predicted octanol–water partition coefficient (Wildman–Crippen LogP) is 5.20. The summed E-state index contributed by atoms with van der Waals surface area (Å²) < 4.78 is 0.337. The zero-order chi connectivity index (χ0) is 18.5. The number of nitro benzene ring substituents is 1. The van der Waals surface area contributed by atoms with E-state index in [4.69, 9.17) is 0 Å². The summed E-state index contributed by atoms with van der Waals surface area (Å²) in [6.45, 7) is 0. The molecule has 3 rings (SSSR count). The Morgan fingerprint density at radius 1 is 1.00 bits per heavy atom. The summed E-state index contributed by atoms with van der Waals surface area (Å²) in [4.78, 5) is 23.1. The molecule has 130 valence electrons. The second-order valence-corrected chi connectivity index (χ2v) is 6.55. The average Bonchev–Trinajstić information content (AvgIpc) is 2.64. The van der Waals surface area contributed by atoms with Gasteiger partial charge in [-0.1, -0.05) is 48.5 Å². The number of rotatable bonds is 5. The summed E-state index contributed by atoms with van der Waals surface area (Å²) in [7, 11) is 0. The Bertz CT molecular complexity index is 958. The normalized spacial score (nSPS) is 10.3. The van der Waals surface area contributed by atoms with Gasteiger partial charge in [-0.05, 0) is 51.7 Å². The number of hydrogen-bond donors (Lipinski definition) is 1. The lowest BCUT2D eigenvalue weighted by Gasteiger charge is -2.11. The molecule has 3 aromatic rings. The Balaban J connectivity index is 1.84. The maximum Gasteiger partial charge on any atom is 0.284 e. The molecule has 0 aliphatic carbocycles. The molecule has 0 aliphatic rings. The van der Waals surface area contributed by atoms with E-state index in [0.717, 1.165) is 11.1 Å². The summed E-state index contributed by atoms with van der Waals surface area (Å²) in [6, 6.07) is 21.8. The molecular formula is C20H15BrN2O3. The van der Waals surface area contributed by atoms with E-state index >= 15 is 0 Å². The van der Waals surface area contributed by atoms with Crippen LogP contribution in [0.25, 0.3) is 0 Å². The molecule has 1 N–H and O–H groups in total. The van der Waals surface area contributed by atoms with Crippen LogP contribution in [0.15, 0.2) is 77.3 Å². The summed E-state index contributed by atoms with van der Waals surface area (Å²) in [5, 5.41) is 13.9. The predicted molar refractivity (Wildman–Crippen MR) is 104 cm³/mol. The number of anilines is 1. The third kappa shape index (κ3) is 4.15. The van der Waals surface area contributed by atoms with E-state index in [9.17, 15) is 14.9 Å². The van der Waals surface area contributed by atoms with Crippen molar-refractivity contribution in [3.8, 4) is 0 Å². The number of carbonyl (C=O) groups is 1. The van der Waals surface area contributed by atoms with E-state index < -0.39 is 4.92 Å². The minimum atomic E-state index is -0.524. The lowest BCUT2D eigenvalue weighted by Crippen LogP contribution is -2.13. The molecule has 5 nitrogen and oxygen atoms in total. The Labute approximate surface area is 159 Å². The maximum absolute atomic E-state index is 12.6. The minimum Gasteiger partial charge on any atom is -0.322 e. The van der Waals surface area contributed by atoms with Crippen molar-refractivity contribution < 1.29 is 9.72 Å². The van der Waals surface area contributed by atoms with Gasteiger partial charge in [-0.2, -0.15) is 0 Å². The molecule has 0 saturated heterocycles. The Kier molecular flexibility index (Phi) is 5.43. The lowest BCUT2D eigenvalue weighted by atomic mass is 10.0. The molecule has 0 aromatic heterocycles. The topological polar surface area (TPSA) is 72.2 Å². The first-order valence-corrected chi connectivity index (χ1v) is 8.71. The first-order chi connectivity index (χ1) is 12.5. The molecular weight excluding hydrogens is 396 g/mol. The van der Waals surface area contributed by atoms with Crippen molar-refractivity contribution >= 4 is 33.2 Å². The van der Waals surface area contributed by atoms with E-state index in [1.807, 2.05) is 54.6 Å². The van der Waals surface area contributed by atoms with Crippen molar-refractivity contribution in [2.75, 3.05) is 5.32 Å². The minimum absolute atomic E-state index is 0.143. The van der Waals surface area contributed by atoms with Crippen molar-refractivity contribution in [2.45, 2.75) is 6.42 Å². The fourth-order valence-electron chi connectivity index (χ4n) is 2.60. The first-order valence-electron chi connectivity index (χ1n) is 7.92. The second kappa shape index (κ2) is 7.93. The molecule has 0 aliphatic heterocycles. The smallest absolute Gasteiger partial charge is 0.284 e. The average molecular weight is 411 g/mol. The fraction of sp³-hybridized carbons (Fsp3) is 0.0500. The molecule has 0 fully saturated rings. The van der Waals surface area contributed by atoms with Crippen molar-refractivity contribution in [1.29, 1.82) is 0 Å². The van der Waals surface area contributed by atoms with Gasteiger partial charge in [-0.3, -0.25) is 14.9 Å². The van der Waals surface area contributed by atoms with E-state index in [1.165, 1.54) is 12.1 Å². The summed E-state index contributed by atoms with van der Waals surface area (Å²) in [5.74, 6) is -0.388. The largest absolute Gasteiger partial charge is 0.322 e. The van der Waals surface area contributed by atoms with Gasteiger partial charge in [0.25, 0.3) is 11.6 Å². The summed E-state index contributed by atoms with van der Waals surface area (Å²) in [6.07, 6.45) is 0.678. The highest BCUT2D eigenvalue weighted by Crippen LogP contribution is 2.26. The van der Waals surface area contributed by atoms with E-state index in [1.54, 1.807) is 6.07 Å². The van der Waals surface area contributed by atoms with Gasteiger partial charge in [-0.15, -0.1) is 0 Å². The number of nitrogens with zero attached hydrogens (tertiary/aromatic N) is 1. The van der Waals surface area contributed by atoms with Crippen LogP contribution in [-0.4, -0.2) is 10.8 Å². The highest BCUT2D eigenvalue weighted by molar-refractivity contribution is 9.10. The molecule has 0 unspecified atom stereocenters. The number of amides is 1. The van der Waals surface area contributed by atoms with E-state index in [-0.39, 0.29) is 17.2 Å². The lowest BCUT2D eigenvalue weighted by molar-refractivity contribution is -0.385. The highest BCUT2D eigenvalue weighted by atomic mass is 79.9. The van der Waals surface area contributed by atoms with Gasteiger partial charge in [0.2, 0.25) is 0 Å². The highest BCUT2D eigenvalue weighted by Gasteiger charge is 2.16. The maximum atomic E-state index is 12.6. The van der Waals surface area contributed by atoms with E-state index in [2.05, 4.69) is 21.2 Å². The van der Waals surface area contributed by atoms with Crippen LogP contribution in [0.5, 0.6) is 0 Å². The third-order valence-corrected chi connectivity index (χ3v) is 4.58. The van der Waals surface area contributed by atoms with Crippen molar-refractivity contribution in [2.24, 2.45) is 0 Å². The van der Waals surface area contributed by atoms with Crippen LogP contribution >= 0.6 is 15.9 Å². The van der Waals surface area contributed by atoms with Crippen LogP contribution in [0.3, 0.4) is 0 Å². The summed E-state index contributed by atoms with van der Waals surface area (Å²) >= 11 is 3.12. The van der Waals surface area contributed by atoms with Crippen LogP contribution in [0, 0.1) is 10.1 Å². The van der Waals surface area contributed by atoms with Crippen LogP contribution < -0.4 is 5.32 Å². The van der Waals surface area contributed by atoms with Gasteiger partial charge < -0.3 is 5.32 Å². The zero-order valence-corrected chi connectivity index (χ0v) is 15.3. The molecule has 26 heavy (non-hydrogen) atoms. The van der Waals surface area contributed by atoms with Crippen molar-refractivity contribution in [1.82, 2.24) is 0 Å². The van der Waals surface area contributed by atoms with Gasteiger partial charge in [0.05, 0.1) is 9.40 Å². The van der Waals surface area contributed by atoms with Gasteiger partial charge in [0.1, 0.15) is 0 Å². The van der Waals surface area contributed by atoms with Crippen LogP contribution in [-0.2, 0) is 6.42 Å². The quantitative estimate of drug-likeness (QED) is 0.463. The van der Waals surface area contributed by atoms with E-state index in [0.29, 0.717) is 16.6 Å². The number of benzene rings is 3. The summed E-state index contributed by atoms with van der Waals surface area (Å²) in [5.41, 5.74) is 2.88. The van der Waals surface area contributed by atoms with Gasteiger partial charge in [0, 0.05) is 17.3 Å². The van der Waals surface area contributed by atoms with Crippen LogP contribution in [0.2, 0.25) is 0 Å². The molecule has 0 heterocycles. The molecule has 0 radical (unpaired) electrons. The van der Waals surface area contributed by atoms with Crippen molar-refractivity contribution in [3.63, 3.8) is 0 Å². The van der Waals surface area contributed by atoms with Crippen LogP contribution in [0.4, 0.5) is 11.4 Å². The number of nitrogens with one attached hydrogen (secondary N) is 1. The number of halogens is 1. The fourth-order valence-corrected chi connectivity index (χ4v) is 2.99. The Morgan fingerprint density at radius 3 is 2.42 bits per heavy atom. The number of hydrogen-bond acceptors (Lipinski definition) is 3. The molecule has 6 heteroatoms. The van der Waals surface area contributed by atoms with Gasteiger partial charge in [-0.25, -0.2) is 0 Å². The first kappa shape index (κ1) is 17.8. The van der Waals surface area contributed by atoms with Gasteiger partial charge >= 0.3 is 0 Å². The standard InChI is InChI=1S/C20H15BrN2O3/c21-17-11-10-16(13-19(17)23(25)26)20(24)22-18-9-5-4-8-15(18)12-14-6-2-1-3-7-14/h1-11,13H,12H2,(H,22,24). The number of para-hydroxylation sites is 1. The third-order valence-electron chi connectivity index (χ3n) is 3.91. The van der Waals surface area contributed by atoms with Crippen molar-refractivity contribution in [3.05, 3.63) is 104 Å². The number of carbonyl (C=O) groups excluding carboxylic acids is 1. The zero-order valence-electron chi connectivity index (χ0n) is 13.7.